The number of hydrogen-bond donors (Lipinski definition) is 2. The normalized spacial score (nSPS) is 24.8. The van der Waals surface area contributed by atoms with Gasteiger partial charge in [-0.15, -0.1) is 0 Å². The van der Waals surface area contributed by atoms with Crippen LogP contribution in [0.15, 0.2) is 12.5 Å². The number of carbonyl (C=O) groups is 1. The molecule has 1 saturated carbocycles. The van der Waals surface area contributed by atoms with Crippen LogP contribution in [-0.4, -0.2) is 41.3 Å². The molecule has 2 rings (SSSR count). The van der Waals surface area contributed by atoms with Crippen LogP contribution in [0.1, 0.15) is 30.8 Å². The topological polar surface area (TPSA) is 82.2 Å². The SMILES string of the molecule is COC1CC(NC(=O)c2cn(CCN)cn2)C1(C)C. The van der Waals surface area contributed by atoms with E-state index in [-0.39, 0.29) is 23.5 Å². The van der Waals surface area contributed by atoms with Gasteiger partial charge in [0.05, 0.1) is 12.4 Å². The molecule has 0 aliphatic heterocycles. The molecule has 1 aromatic heterocycles. The molecule has 19 heavy (non-hydrogen) atoms. The summed E-state index contributed by atoms with van der Waals surface area (Å²) in [6.07, 6.45) is 4.40. The Hall–Kier alpha value is -1.40. The van der Waals surface area contributed by atoms with Crippen LogP contribution in [0.4, 0.5) is 0 Å². The Morgan fingerprint density at radius 1 is 1.68 bits per heavy atom. The van der Waals surface area contributed by atoms with Crippen molar-refractivity contribution < 1.29 is 9.53 Å². The van der Waals surface area contributed by atoms with Gasteiger partial charge >= 0.3 is 0 Å². The maximum atomic E-state index is 12.1. The number of nitrogens with zero attached hydrogens (tertiary/aromatic N) is 2. The summed E-state index contributed by atoms with van der Waals surface area (Å²) in [7, 11) is 1.71. The first-order valence-electron chi connectivity index (χ1n) is 6.54. The lowest BCUT2D eigenvalue weighted by Crippen LogP contribution is -2.61. The van der Waals surface area contributed by atoms with Crippen molar-refractivity contribution >= 4 is 5.91 Å². The van der Waals surface area contributed by atoms with Crippen LogP contribution in [0.3, 0.4) is 0 Å². The summed E-state index contributed by atoms with van der Waals surface area (Å²) < 4.78 is 7.19. The second kappa shape index (κ2) is 5.30. The monoisotopic (exact) mass is 266 g/mol. The van der Waals surface area contributed by atoms with Crippen LogP contribution < -0.4 is 11.1 Å². The van der Waals surface area contributed by atoms with Crippen LogP contribution in [-0.2, 0) is 11.3 Å². The fourth-order valence-electron chi connectivity index (χ4n) is 2.51. The molecule has 1 aromatic rings. The summed E-state index contributed by atoms with van der Waals surface area (Å²) >= 11 is 0. The van der Waals surface area contributed by atoms with Crippen LogP contribution in [0.2, 0.25) is 0 Å². The van der Waals surface area contributed by atoms with Crippen molar-refractivity contribution in [2.24, 2.45) is 11.1 Å². The molecule has 3 N–H and O–H groups in total. The fourth-order valence-corrected chi connectivity index (χ4v) is 2.51. The first-order valence-corrected chi connectivity index (χ1v) is 6.54. The largest absolute Gasteiger partial charge is 0.381 e. The van der Waals surface area contributed by atoms with Gasteiger partial charge in [-0.1, -0.05) is 13.8 Å². The Morgan fingerprint density at radius 2 is 2.42 bits per heavy atom. The number of rotatable bonds is 5. The van der Waals surface area contributed by atoms with Gasteiger partial charge in [0.25, 0.3) is 5.91 Å². The summed E-state index contributed by atoms with van der Waals surface area (Å²) in [6.45, 7) is 5.40. The third-order valence-electron chi connectivity index (χ3n) is 4.02. The molecule has 106 valence electrons. The average molecular weight is 266 g/mol. The van der Waals surface area contributed by atoms with Crippen molar-refractivity contribution in [3.8, 4) is 0 Å². The zero-order valence-corrected chi connectivity index (χ0v) is 11.7. The van der Waals surface area contributed by atoms with E-state index in [0.29, 0.717) is 18.8 Å². The van der Waals surface area contributed by atoms with E-state index in [0.717, 1.165) is 6.42 Å². The number of amides is 1. The molecule has 0 saturated heterocycles. The predicted molar refractivity (Wildman–Crippen MR) is 71.7 cm³/mol. The number of nitrogens with one attached hydrogen (secondary N) is 1. The highest BCUT2D eigenvalue weighted by molar-refractivity contribution is 5.92. The van der Waals surface area contributed by atoms with Gasteiger partial charge in [-0.2, -0.15) is 0 Å². The lowest BCUT2D eigenvalue weighted by atomic mass is 9.64. The zero-order valence-electron chi connectivity index (χ0n) is 11.7. The smallest absolute Gasteiger partial charge is 0.271 e. The van der Waals surface area contributed by atoms with Gasteiger partial charge in [-0.25, -0.2) is 4.98 Å². The summed E-state index contributed by atoms with van der Waals surface area (Å²) in [5.74, 6) is -0.136. The first kappa shape index (κ1) is 14.0. The molecule has 1 heterocycles. The molecule has 1 fully saturated rings. The van der Waals surface area contributed by atoms with Crippen molar-refractivity contribution in [3.63, 3.8) is 0 Å². The predicted octanol–water partition coefficient (Wildman–Crippen LogP) is 0.385. The lowest BCUT2D eigenvalue weighted by Gasteiger charge is -2.51. The van der Waals surface area contributed by atoms with Crippen LogP contribution in [0.25, 0.3) is 0 Å². The first-order chi connectivity index (χ1) is 8.98. The molecule has 6 nitrogen and oxygen atoms in total. The summed E-state index contributed by atoms with van der Waals surface area (Å²) in [6, 6.07) is 0.129. The zero-order chi connectivity index (χ0) is 14.0. The minimum atomic E-state index is -0.136. The third kappa shape index (κ3) is 2.64. The van der Waals surface area contributed by atoms with Crippen molar-refractivity contribution in [3.05, 3.63) is 18.2 Å². The van der Waals surface area contributed by atoms with E-state index in [9.17, 15) is 4.79 Å². The molecule has 2 atom stereocenters. The lowest BCUT2D eigenvalue weighted by molar-refractivity contribution is -0.0942. The maximum absolute atomic E-state index is 12.1. The van der Waals surface area contributed by atoms with Crippen molar-refractivity contribution in [1.82, 2.24) is 14.9 Å². The Balaban J connectivity index is 1.94. The third-order valence-corrected chi connectivity index (χ3v) is 4.02. The standard InChI is InChI=1S/C13H22N4O2/c1-13(2)10(6-11(13)19-3)16-12(18)9-7-17(5-4-14)8-15-9/h7-8,10-11H,4-6,14H2,1-3H3,(H,16,18). The second-order valence-electron chi connectivity index (χ2n) is 5.59. The minimum absolute atomic E-state index is 0.0375. The Bertz CT molecular complexity index is 455. The van der Waals surface area contributed by atoms with Crippen LogP contribution in [0.5, 0.6) is 0 Å². The maximum Gasteiger partial charge on any atom is 0.271 e. The highest BCUT2D eigenvalue weighted by atomic mass is 16.5. The van der Waals surface area contributed by atoms with Crippen molar-refractivity contribution in [2.45, 2.75) is 39.0 Å². The number of nitrogens with two attached hydrogens (primary N) is 1. The molecular formula is C13H22N4O2. The molecule has 1 amide bonds. The summed E-state index contributed by atoms with van der Waals surface area (Å²) in [4.78, 5) is 16.2. The fraction of sp³-hybridized carbons (Fsp3) is 0.692. The average Bonchev–Trinajstić information content (AvgIpc) is 2.82. The molecule has 0 spiro atoms. The van der Waals surface area contributed by atoms with Crippen molar-refractivity contribution in [2.75, 3.05) is 13.7 Å². The highest BCUT2D eigenvalue weighted by Crippen LogP contribution is 2.42. The van der Waals surface area contributed by atoms with Gasteiger partial charge in [-0.3, -0.25) is 4.79 Å². The Kier molecular flexibility index (Phi) is 3.91. The number of ether oxygens (including phenoxy) is 1. The van der Waals surface area contributed by atoms with E-state index < -0.39 is 0 Å². The summed E-state index contributed by atoms with van der Waals surface area (Å²) in [5.41, 5.74) is 5.86. The second-order valence-corrected chi connectivity index (χ2v) is 5.59. The van der Waals surface area contributed by atoms with E-state index in [1.165, 1.54) is 0 Å². The molecule has 1 aliphatic rings. The van der Waals surface area contributed by atoms with E-state index in [1.54, 1.807) is 19.6 Å². The van der Waals surface area contributed by atoms with E-state index in [2.05, 4.69) is 24.1 Å². The van der Waals surface area contributed by atoms with Gasteiger partial charge < -0.3 is 20.4 Å². The highest BCUT2D eigenvalue weighted by Gasteiger charge is 2.49. The van der Waals surface area contributed by atoms with Gasteiger partial charge in [0.15, 0.2) is 0 Å². The van der Waals surface area contributed by atoms with Gasteiger partial charge in [0, 0.05) is 37.9 Å². The van der Waals surface area contributed by atoms with Crippen LogP contribution >= 0.6 is 0 Å². The quantitative estimate of drug-likeness (QED) is 0.807. The van der Waals surface area contributed by atoms with Gasteiger partial charge in [0.2, 0.25) is 0 Å². The van der Waals surface area contributed by atoms with Gasteiger partial charge in [-0.05, 0) is 6.42 Å². The van der Waals surface area contributed by atoms with Crippen LogP contribution in [0, 0.1) is 5.41 Å². The van der Waals surface area contributed by atoms with E-state index >= 15 is 0 Å². The molecule has 0 bridgehead atoms. The molecule has 2 unspecified atom stereocenters. The molecule has 0 radical (unpaired) electrons. The number of carbonyl (C=O) groups excluding carboxylic acids is 1. The molecule has 6 heteroatoms. The summed E-state index contributed by atoms with van der Waals surface area (Å²) in [5, 5.41) is 3.02. The minimum Gasteiger partial charge on any atom is -0.381 e. The van der Waals surface area contributed by atoms with Crippen molar-refractivity contribution in [1.29, 1.82) is 0 Å². The molecular weight excluding hydrogens is 244 g/mol. The molecule has 1 aliphatic carbocycles. The number of methoxy groups -OCH3 is 1. The molecule has 0 aromatic carbocycles. The Morgan fingerprint density at radius 3 is 3.00 bits per heavy atom. The Labute approximate surface area is 113 Å². The van der Waals surface area contributed by atoms with E-state index in [4.69, 9.17) is 10.5 Å². The van der Waals surface area contributed by atoms with Gasteiger partial charge in [0.1, 0.15) is 5.69 Å². The van der Waals surface area contributed by atoms with E-state index in [1.807, 2.05) is 4.57 Å². The number of aromatic nitrogens is 2. The number of hydrogen-bond acceptors (Lipinski definition) is 4. The number of imidazole rings is 1.